The van der Waals surface area contributed by atoms with E-state index in [4.69, 9.17) is 9.47 Å². The molecule has 4 rings (SSSR count). The molecule has 24 heavy (non-hydrogen) atoms. The maximum Gasteiger partial charge on any atom is 0.185 e. The van der Waals surface area contributed by atoms with E-state index >= 15 is 0 Å². The highest BCUT2D eigenvalue weighted by Gasteiger charge is 2.53. The standard InChI is InChI=1S/C20H30N2O2/c1-21(16-17-8-3-2-4-9-17)19-18(22-12-5-6-13-22)10-7-11-20(19)23-14-15-24-20/h2-4,8-9,18-19H,5-7,10-16H2,1H3/t18-,19+/m0/s1. The molecule has 1 aromatic rings. The maximum absolute atomic E-state index is 6.25. The van der Waals surface area contributed by atoms with E-state index in [1.54, 1.807) is 0 Å². The number of hydrogen-bond acceptors (Lipinski definition) is 4. The molecule has 1 aromatic carbocycles. The second-order valence-electron chi connectivity index (χ2n) is 7.56. The van der Waals surface area contributed by atoms with Crippen molar-refractivity contribution < 1.29 is 9.47 Å². The van der Waals surface area contributed by atoms with Gasteiger partial charge in [-0.3, -0.25) is 9.80 Å². The minimum absolute atomic E-state index is 0.312. The van der Waals surface area contributed by atoms with Gasteiger partial charge in [0.05, 0.1) is 19.3 Å². The summed E-state index contributed by atoms with van der Waals surface area (Å²) >= 11 is 0. The van der Waals surface area contributed by atoms with Crippen molar-refractivity contribution in [3.63, 3.8) is 0 Å². The smallest absolute Gasteiger partial charge is 0.185 e. The molecule has 2 atom stereocenters. The lowest BCUT2D eigenvalue weighted by Gasteiger charge is -2.50. The van der Waals surface area contributed by atoms with Gasteiger partial charge >= 0.3 is 0 Å². The second-order valence-corrected chi connectivity index (χ2v) is 7.56. The summed E-state index contributed by atoms with van der Waals surface area (Å²) in [4.78, 5) is 5.18. The van der Waals surface area contributed by atoms with E-state index in [0.29, 0.717) is 12.1 Å². The van der Waals surface area contributed by atoms with Gasteiger partial charge in [-0.25, -0.2) is 0 Å². The van der Waals surface area contributed by atoms with Crippen molar-refractivity contribution in [3.05, 3.63) is 35.9 Å². The molecule has 0 aromatic heterocycles. The fourth-order valence-corrected chi connectivity index (χ4v) is 5.00. The number of likely N-dealkylation sites (tertiary alicyclic amines) is 1. The van der Waals surface area contributed by atoms with Crippen molar-refractivity contribution in [2.75, 3.05) is 33.4 Å². The monoisotopic (exact) mass is 330 g/mol. The summed E-state index contributed by atoms with van der Waals surface area (Å²) < 4.78 is 12.5. The van der Waals surface area contributed by atoms with Gasteiger partial charge in [0.2, 0.25) is 0 Å². The highest BCUT2D eigenvalue weighted by atomic mass is 16.7. The van der Waals surface area contributed by atoms with E-state index in [-0.39, 0.29) is 0 Å². The predicted molar refractivity (Wildman–Crippen MR) is 94.8 cm³/mol. The molecule has 0 N–H and O–H groups in total. The average Bonchev–Trinajstić information content (AvgIpc) is 3.28. The first-order valence-corrected chi connectivity index (χ1v) is 9.55. The molecule has 1 saturated carbocycles. The Morgan fingerprint density at radius 1 is 1.08 bits per heavy atom. The summed E-state index contributed by atoms with van der Waals surface area (Å²) in [6.45, 7) is 4.89. The topological polar surface area (TPSA) is 24.9 Å². The summed E-state index contributed by atoms with van der Waals surface area (Å²) in [5.74, 6) is -0.394. The molecule has 132 valence electrons. The van der Waals surface area contributed by atoms with Gasteiger partial charge in [0.1, 0.15) is 0 Å². The van der Waals surface area contributed by atoms with Crippen LogP contribution in [0.1, 0.15) is 37.7 Å². The zero-order valence-electron chi connectivity index (χ0n) is 14.8. The Morgan fingerprint density at radius 3 is 2.50 bits per heavy atom. The Morgan fingerprint density at radius 2 is 1.79 bits per heavy atom. The minimum atomic E-state index is -0.394. The van der Waals surface area contributed by atoms with Gasteiger partial charge < -0.3 is 9.47 Å². The Bertz CT molecular complexity index is 524. The Hall–Kier alpha value is -0.940. The largest absolute Gasteiger partial charge is 0.346 e. The Labute approximate surface area is 145 Å². The molecule has 3 aliphatic rings. The van der Waals surface area contributed by atoms with Crippen molar-refractivity contribution in [3.8, 4) is 0 Å². The maximum atomic E-state index is 6.25. The second kappa shape index (κ2) is 7.12. The molecular formula is C20H30N2O2. The predicted octanol–water partition coefficient (Wildman–Crippen LogP) is 2.88. The zero-order chi connectivity index (χ0) is 16.4. The van der Waals surface area contributed by atoms with E-state index in [1.165, 1.54) is 44.3 Å². The highest BCUT2D eigenvalue weighted by Crippen LogP contribution is 2.41. The summed E-state index contributed by atoms with van der Waals surface area (Å²) in [7, 11) is 2.25. The van der Waals surface area contributed by atoms with Crippen molar-refractivity contribution in [2.24, 2.45) is 0 Å². The van der Waals surface area contributed by atoms with Crippen LogP contribution in [-0.2, 0) is 16.0 Å². The van der Waals surface area contributed by atoms with E-state index in [9.17, 15) is 0 Å². The Kier molecular flexibility index (Phi) is 4.90. The number of benzene rings is 1. The molecule has 4 heteroatoms. The molecule has 0 bridgehead atoms. The normalized spacial score (nSPS) is 30.4. The van der Waals surface area contributed by atoms with Crippen molar-refractivity contribution in [1.29, 1.82) is 0 Å². The minimum Gasteiger partial charge on any atom is -0.346 e. The van der Waals surface area contributed by atoms with Gasteiger partial charge in [0, 0.05) is 19.0 Å². The number of ether oxygens (including phenoxy) is 2. The quantitative estimate of drug-likeness (QED) is 0.847. The Balaban J connectivity index is 1.59. The van der Waals surface area contributed by atoms with Crippen LogP contribution < -0.4 is 0 Å². The fourth-order valence-electron chi connectivity index (χ4n) is 5.00. The summed E-state index contributed by atoms with van der Waals surface area (Å²) in [6.07, 6.45) is 6.16. The zero-order valence-corrected chi connectivity index (χ0v) is 14.8. The number of nitrogens with zero attached hydrogens (tertiary/aromatic N) is 2. The third kappa shape index (κ3) is 3.13. The van der Waals surface area contributed by atoms with Gasteiger partial charge in [-0.2, -0.15) is 0 Å². The number of rotatable bonds is 4. The first-order chi connectivity index (χ1) is 11.8. The van der Waals surface area contributed by atoms with Crippen LogP contribution in [-0.4, -0.2) is 61.0 Å². The third-order valence-corrected chi connectivity index (χ3v) is 5.98. The molecule has 0 unspecified atom stereocenters. The molecule has 2 saturated heterocycles. The third-order valence-electron chi connectivity index (χ3n) is 5.98. The van der Waals surface area contributed by atoms with E-state index < -0.39 is 5.79 Å². The summed E-state index contributed by atoms with van der Waals surface area (Å²) in [5, 5.41) is 0. The van der Waals surface area contributed by atoms with E-state index in [1.807, 2.05) is 0 Å². The van der Waals surface area contributed by atoms with Crippen LogP contribution in [0.2, 0.25) is 0 Å². The molecular weight excluding hydrogens is 300 g/mol. The lowest BCUT2D eigenvalue weighted by molar-refractivity contribution is -0.231. The first-order valence-electron chi connectivity index (χ1n) is 9.55. The fraction of sp³-hybridized carbons (Fsp3) is 0.700. The molecule has 2 heterocycles. The molecule has 3 fully saturated rings. The number of likely N-dealkylation sites (N-methyl/N-ethyl adjacent to an activating group) is 1. The van der Waals surface area contributed by atoms with Gasteiger partial charge in [-0.15, -0.1) is 0 Å². The van der Waals surface area contributed by atoms with Crippen LogP contribution in [0.4, 0.5) is 0 Å². The summed E-state index contributed by atoms with van der Waals surface area (Å²) in [6, 6.07) is 11.6. The van der Waals surface area contributed by atoms with Crippen LogP contribution in [0.3, 0.4) is 0 Å². The van der Waals surface area contributed by atoms with E-state index in [0.717, 1.165) is 26.2 Å². The first kappa shape index (κ1) is 16.5. The molecule has 1 spiro atoms. The van der Waals surface area contributed by atoms with Crippen LogP contribution >= 0.6 is 0 Å². The van der Waals surface area contributed by atoms with E-state index in [2.05, 4.69) is 47.2 Å². The van der Waals surface area contributed by atoms with Gasteiger partial charge in [0.15, 0.2) is 5.79 Å². The van der Waals surface area contributed by atoms with Crippen molar-refractivity contribution in [2.45, 2.75) is 56.5 Å². The van der Waals surface area contributed by atoms with Crippen molar-refractivity contribution in [1.82, 2.24) is 9.80 Å². The van der Waals surface area contributed by atoms with Gasteiger partial charge in [0.25, 0.3) is 0 Å². The average molecular weight is 330 g/mol. The van der Waals surface area contributed by atoms with Gasteiger partial charge in [-0.05, 0) is 51.4 Å². The lowest BCUT2D eigenvalue weighted by Crippen LogP contribution is -2.64. The molecule has 0 radical (unpaired) electrons. The molecule has 2 aliphatic heterocycles. The van der Waals surface area contributed by atoms with Crippen LogP contribution in [0.5, 0.6) is 0 Å². The lowest BCUT2D eigenvalue weighted by atomic mass is 9.82. The molecule has 0 amide bonds. The van der Waals surface area contributed by atoms with Crippen LogP contribution in [0.15, 0.2) is 30.3 Å². The van der Waals surface area contributed by atoms with Crippen LogP contribution in [0, 0.1) is 0 Å². The van der Waals surface area contributed by atoms with Crippen LogP contribution in [0.25, 0.3) is 0 Å². The molecule has 1 aliphatic carbocycles. The van der Waals surface area contributed by atoms with Gasteiger partial charge in [-0.1, -0.05) is 30.3 Å². The number of hydrogen-bond donors (Lipinski definition) is 0. The SMILES string of the molecule is CN(Cc1ccccc1)[C@@H]1[C@@H](N2CCCC2)CCCC12OCCO2. The molecule has 4 nitrogen and oxygen atoms in total. The summed E-state index contributed by atoms with van der Waals surface area (Å²) in [5.41, 5.74) is 1.36. The highest BCUT2D eigenvalue weighted by molar-refractivity contribution is 5.15. The van der Waals surface area contributed by atoms with Crippen molar-refractivity contribution >= 4 is 0 Å².